The third kappa shape index (κ3) is 1.82. The first kappa shape index (κ1) is 13.0. The Morgan fingerprint density at radius 3 is 2.21 bits per heavy atom. The lowest BCUT2D eigenvalue weighted by molar-refractivity contribution is 0.0978. The second-order valence-corrected chi connectivity index (χ2v) is 6.16. The van der Waals surface area contributed by atoms with Gasteiger partial charge < -0.3 is 0 Å². The van der Waals surface area contributed by atoms with Crippen molar-refractivity contribution in [1.82, 2.24) is 0 Å². The summed E-state index contributed by atoms with van der Waals surface area (Å²) in [4.78, 5) is 25.0. The van der Waals surface area contributed by atoms with Gasteiger partial charge in [0.1, 0.15) is 0 Å². The molecular formula is C14H5Br2ClO2. The standard InChI is InChI=1S/C14H5Br2ClO2/c15-8-3-1-2-6-10(8)13(18)7-4-5-9(17)12(16)11(7)14(6)19/h1-5H. The predicted octanol–water partition coefficient (Wildman–Crippen LogP) is 4.64. The van der Waals surface area contributed by atoms with Crippen LogP contribution >= 0.6 is 43.5 Å². The van der Waals surface area contributed by atoms with Gasteiger partial charge in [0.2, 0.25) is 0 Å². The fourth-order valence-corrected chi connectivity index (χ4v) is 3.40. The van der Waals surface area contributed by atoms with Crippen LogP contribution in [0.2, 0.25) is 5.02 Å². The van der Waals surface area contributed by atoms with Crippen LogP contribution in [0.25, 0.3) is 0 Å². The van der Waals surface area contributed by atoms with Gasteiger partial charge in [-0.25, -0.2) is 0 Å². The second kappa shape index (κ2) is 4.54. The van der Waals surface area contributed by atoms with Crippen molar-refractivity contribution in [2.75, 3.05) is 0 Å². The summed E-state index contributed by atoms with van der Waals surface area (Å²) in [5.74, 6) is -0.366. The molecule has 1 aliphatic rings. The summed E-state index contributed by atoms with van der Waals surface area (Å²) in [7, 11) is 0. The van der Waals surface area contributed by atoms with Gasteiger partial charge in [-0.2, -0.15) is 0 Å². The van der Waals surface area contributed by atoms with Crippen molar-refractivity contribution < 1.29 is 9.59 Å². The molecule has 2 aromatic rings. The van der Waals surface area contributed by atoms with Crippen molar-refractivity contribution in [1.29, 1.82) is 0 Å². The van der Waals surface area contributed by atoms with Crippen LogP contribution < -0.4 is 0 Å². The quantitative estimate of drug-likeness (QED) is 0.551. The maximum absolute atomic E-state index is 12.5. The predicted molar refractivity (Wildman–Crippen MR) is 80.2 cm³/mol. The first-order chi connectivity index (χ1) is 9.02. The summed E-state index contributed by atoms with van der Waals surface area (Å²) in [6, 6.07) is 8.33. The van der Waals surface area contributed by atoms with Crippen molar-refractivity contribution in [2.45, 2.75) is 0 Å². The minimum absolute atomic E-state index is 0.172. The van der Waals surface area contributed by atoms with Gasteiger partial charge in [-0.15, -0.1) is 0 Å². The molecule has 0 fully saturated rings. The molecule has 0 spiro atoms. The highest BCUT2D eigenvalue weighted by molar-refractivity contribution is 9.11. The van der Waals surface area contributed by atoms with E-state index < -0.39 is 0 Å². The number of rotatable bonds is 0. The molecule has 1 aliphatic carbocycles. The van der Waals surface area contributed by atoms with E-state index >= 15 is 0 Å². The number of hydrogen-bond acceptors (Lipinski definition) is 2. The Kier molecular flexibility index (Phi) is 3.12. The number of carbonyl (C=O) groups excluding carboxylic acids is 2. The molecular weight excluding hydrogens is 395 g/mol. The second-order valence-electron chi connectivity index (χ2n) is 4.10. The third-order valence-corrected chi connectivity index (χ3v) is 5.08. The number of benzene rings is 2. The highest BCUT2D eigenvalue weighted by atomic mass is 79.9. The average Bonchev–Trinajstić information content (AvgIpc) is 2.39. The van der Waals surface area contributed by atoms with Gasteiger partial charge in [0, 0.05) is 31.2 Å². The van der Waals surface area contributed by atoms with Gasteiger partial charge in [0.15, 0.2) is 11.6 Å². The number of carbonyl (C=O) groups is 2. The van der Waals surface area contributed by atoms with E-state index in [0.29, 0.717) is 36.2 Å². The third-order valence-electron chi connectivity index (χ3n) is 3.05. The Balaban J connectivity index is 2.40. The molecule has 94 valence electrons. The van der Waals surface area contributed by atoms with Crippen LogP contribution in [-0.4, -0.2) is 11.6 Å². The molecule has 0 amide bonds. The smallest absolute Gasteiger partial charge is 0.195 e. The Labute approximate surface area is 131 Å². The van der Waals surface area contributed by atoms with Gasteiger partial charge in [-0.3, -0.25) is 9.59 Å². The summed E-state index contributed by atoms with van der Waals surface area (Å²) >= 11 is 12.6. The van der Waals surface area contributed by atoms with Crippen LogP contribution in [0.3, 0.4) is 0 Å². The molecule has 0 bridgehead atoms. The molecule has 0 aliphatic heterocycles. The van der Waals surface area contributed by atoms with Crippen molar-refractivity contribution in [3.63, 3.8) is 0 Å². The van der Waals surface area contributed by atoms with Crippen molar-refractivity contribution >= 4 is 55.0 Å². The molecule has 2 aromatic carbocycles. The zero-order valence-electron chi connectivity index (χ0n) is 9.34. The van der Waals surface area contributed by atoms with E-state index in [1.807, 2.05) is 0 Å². The minimum Gasteiger partial charge on any atom is -0.289 e. The van der Waals surface area contributed by atoms with Crippen LogP contribution in [0.15, 0.2) is 39.3 Å². The van der Waals surface area contributed by atoms with E-state index in [2.05, 4.69) is 31.9 Å². The fraction of sp³-hybridized carbons (Fsp3) is 0. The minimum atomic E-state index is -0.194. The van der Waals surface area contributed by atoms with Crippen LogP contribution in [0.1, 0.15) is 31.8 Å². The summed E-state index contributed by atoms with van der Waals surface area (Å²) in [6.07, 6.45) is 0. The maximum atomic E-state index is 12.5. The van der Waals surface area contributed by atoms with Crippen LogP contribution in [0.5, 0.6) is 0 Å². The first-order valence-corrected chi connectivity index (χ1v) is 7.34. The van der Waals surface area contributed by atoms with Gasteiger partial charge in [0.25, 0.3) is 0 Å². The van der Waals surface area contributed by atoms with Crippen molar-refractivity contribution in [3.05, 3.63) is 66.6 Å². The molecule has 0 unspecified atom stereocenters. The van der Waals surface area contributed by atoms with E-state index in [1.54, 1.807) is 30.3 Å². The number of hydrogen-bond donors (Lipinski definition) is 0. The lowest BCUT2D eigenvalue weighted by Gasteiger charge is -2.19. The number of fused-ring (bicyclic) bond motifs is 2. The van der Waals surface area contributed by atoms with E-state index in [4.69, 9.17) is 11.6 Å². The Morgan fingerprint density at radius 1 is 0.842 bits per heavy atom. The van der Waals surface area contributed by atoms with Gasteiger partial charge in [-0.05, 0) is 34.1 Å². The SMILES string of the molecule is O=C1c2ccc(Cl)c(Br)c2C(=O)c2cccc(Br)c21. The van der Waals surface area contributed by atoms with Gasteiger partial charge in [-0.1, -0.05) is 39.7 Å². The van der Waals surface area contributed by atoms with Gasteiger partial charge >= 0.3 is 0 Å². The topological polar surface area (TPSA) is 34.1 Å². The monoisotopic (exact) mass is 398 g/mol. The maximum Gasteiger partial charge on any atom is 0.195 e. The molecule has 0 radical (unpaired) electrons. The molecule has 3 rings (SSSR count). The molecule has 0 saturated carbocycles. The van der Waals surface area contributed by atoms with Crippen molar-refractivity contribution in [2.24, 2.45) is 0 Å². The van der Waals surface area contributed by atoms with E-state index in [-0.39, 0.29) is 11.6 Å². The van der Waals surface area contributed by atoms with Crippen LogP contribution in [-0.2, 0) is 0 Å². The van der Waals surface area contributed by atoms with Crippen LogP contribution in [0.4, 0.5) is 0 Å². The largest absolute Gasteiger partial charge is 0.289 e. The number of ketones is 2. The Morgan fingerprint density at radius 2 is 1.47 bits per heavy atom. The highest BCUT2D eigenvalue weighted by Gasteiger charge is 2.33. The highest BCUT2D eigenvalue weighted by Crippen LogP contribution is 2.37. The first-order valence-electron chi connectivity index (χ1n) is 5.38. The van der Waals surface area contributed by atoms with Gasteiger partial charge in [0.05, 0.1) is 5.02 Å². The molecule has 0 saturated heterocycles. The molecule has 0 N–H and O–H groups in total. The normalized spacial score (nSPS) is 13.2. The lowest BCUT2D eigenvalue weighted by Crippen LogP contribution is -2.22. The lowest BCUT2D eigenvalue weighted by atomic mass is 9.84. The zero-order chi connectivity index (χ0) is 13.7. The fourth-order valence-electron chi connectivity index (χ4n) is 2.18. The van der Waals surface area contributed by atoms with Crippen molar-refractivity contribution in [3.8, 4) is 0 Å². The summed E-state index contributed by atoms with van der Waals surface area (Å²) in [5.41, 5.74) is 1.52. The summed E-state index contributed by atoms with van der Waals surface area (Å²) in [5, 5.41) is 0.415. The van der Waals surface area contributed by atoms with E-state index in [1.165, 1.54) is 0 Å². The number of halogens is 3. The molecule has 0 heterocycles. The summed E-state index contributed by atoms with van der Waals surface area (Å²) in [6.45, 7) is 0. The summed E-state index contributed by atoms with van der Waals surface area (Å²) < 4.78 is 1.09. The van der Waals surface area contributed by atoms with E-state index in [9.17, 15) is 9.59 Å². The zero-order valence-corrected chi connectivity index (χ0v) is 13.3. The molecule has 0 atom stereocenters. The molecule has 5 heteroatoms. The Hall–Kier alpha value is -0.970. The average molecular weight is 400 g/mol. The Bertz CT molecular complexity index is 753. The molecule has 2 nitrogen and oxygen atoms in total. The molecule has 0 aromatic heterocycles. The molecule has 19 heavy (non-hydrogen) atoms. The van der Waals surface area contributed by atoms with E-state index in [0.717, 1.165) is 0 Å². The van der Waals surface area contributed by atoms with Crippen LogP contribution in [0, 0.1) is 0 Å².